The molecule has 7 nitrogen and oxygen atoms in total. The summed E-state index contributed by atoms with van der Waals surface area (Å²) in [7, 11) is 0. The van der Waals surface area contributed by atoms with Crippen molar-refractivity contribution in [3.05, 3.63) is 23.2 Å². The highest BCUT2D eigenvalue weighted by molar-refractivity contribution is 5.95. The summed E-state index contributed by atoms with van der Waals surface area (Å²) >= 11 is 0. The molecule has 1 N–H and O–H groups in total. The maximum Gasteiger partial charge on any atom is 0.257 e. The minimum Gasteiger partial charge on any atom is -0.466 e. The molecule has 0 bridgehead atoms. The highest BCUT2D eigenvalue weighted by atomic mass is 16.5. The van der Waals surface area contributed by atoms with E-state index < -0.39 is 0 Å². The molecule has 0 radical (unpaired) electrons. The number of carbonyl (C=O) groups is 2. The van der Waals surface area contributed by atoms with Crippen LogP contribution in [0.4, 0.5) is 0 Å². The van der Waals surface area contributed by atoms with Crippen LogP contribution in [0, 0.1) is 13.8 Å². The Labute approximate surface area is 155 Å². The van der Waals surface area contributed by atoms with Crippen LogP contribution in [0.15, 0.2) is 10.5 Å². The second kappa shape index (κ2) is 9.73. The van der Waals surface area contributed by atoms with E-state index in [4.69, 9.17) is 9.15 Å². The summed E-state index contributed by atoms with van der Waals surface area (Å²) in [5, 5.41) is 2.94. The van der Waals surface area contributed by atoms with E-state index in [1.54, 1.807) is 17.9 Å². The van der Waals surface area contributed by atoms with E-state index in [-0.39, 0.29) is 17.9 Å². The van der Waals surface area contributed by atoms with Crippen LogP contribution in [0.2, 0.25) is 0 Å². The lowest BCUT2D eigenvalue weighted by Crippen LogP contribution is -2.42. The van der Waals surface area contributed by atoms with Crippen LogP contribution >= 0.6 is 0 Å². The van der Waals surface area contributed by atoms with Crippen LogP contribution in [0.1, 0.15) is 42.1 Å². The summed E-state index contributed by atoms with van der Waals surface area (Å²) < 4.78 is 10.8. The molecule has 146 valence electrons. The molecule has 1 saturated heterocycles. The normalized spacial score (nSPS) is 15.3. The first-order valence-electron chi connectivity index (χ1n) is 9.33. The predicted molar refractivity (Wildman–Crippen MR) is 99.2 cm³/mol. The zero-order chi connectivity index (χ0) is 19.1. The van der Waals surface area contributed by atoms with Crippen molar-refractivity contribution < 1.29 is 18.7 Å². The minimum atomic E-state index is -0.0875. The lowest BCUT2D eigenvalue weighted by Gasteiger charge is -2.27. The van der Waals surface area contributed by atoms with Crippen LogP contribution in [0.25, 0.3) is 0 Å². The van der Waals surface area contributed by atoms with E-state index >= 15 is 0 Å². The summed E-state index contributed by atoms with van der Waals surface area (Å²) in [6.07, 6.45) is 0.295. The van der Waals surface area contributed by atoms with Crippen LogP contribution in [0.3, 0.4) is 0 Å². The number of hydrogen-bond acceptors (Lipinski definition) is 5. The van der Waals surface area contributed by atoms with Crippen molar-refractivity contribution in [2.24, 2.45) is 0 Å². The van der Waals surface area contributed by atoms with Crippen LogP contribution in [-0.4, -0.2) is 73.6 Å². The Bertz CT molecular complexity index is 606. The minimum absolute atomic E-state index is 0.0123. The first-order valence-corrected chi connectivity index (χ1v) is 9.33. The topological polar surface area (TPSA) is 75.0 Å². The van der Waals surface area contributed by atoms with Gasteiger partial charge in [0.25, 0.3) is 5.91 Å². The number of morpholine rings is 1. The van der Waals surface area contributed by atoms with Crippen molar-refractivity contribution in [1.29, 1.82) is 0 Å². The van der Waals surface area contributed by atoms with Gasteiger partial charge in [-0.25, -0.2) is 0 Å². The van der Waals surface area contributed by atoms with Gasteiger partial charge in [-0.1, -0.05) is 0 Å². The molecule has 1 aliphatic rings. The standard InChI is InChI=1S/C19H31N3O4/c1-14(2)22(19(24)17-13-15(3)26-16(17)4)7-5-18(23)20-6-8-21-9-11-25-12-10-21/h13-14H,5-12H2,1-4H3,(H,20,23). The monoisotopic (exact) mass is 365 g/mol. The third kappa shape index (κ3) is 5.85. The van der Waals surface area contributed by atoms with E-state index in [0.717, 1.165) is 38.6 Å². The highest BCUT2D eigenvalue weighted by Gasteiger charge is 2.23. The van der Waals surface area contributed by atoms with Gasteiger partial charge >= 0.3 is 0 Å². The Kier molecular flexibility index (Phi) is 7.66. The molecule has 0 saturated carbocycles. The lowest BCUT2D eigenvalue weighted by molar-refractivity contribution is -0.121. The quantitative estimate of drug-likeness (QED) is 0.757. The first kappa shape index (κ1) is 20.5. The summed E-state index contributed by atoms with van der Waals surface area (Å²) in [5.74, 6) is 1.22. The molecule has 7 heteroatoms. The fourth-order valence-electron chi connectivity index (χ4n) is 3.08. The van der Waals surface area contributed by atoms with Crippen molar-refractivity contribution in [2.45, 2.75) is 40.2 Å². The molecule has 2 heterocycles. The number of carbonyl (C=O) groups excluding carboxylic acids is 2. The number of furan rings is 1. The Morgan fingerprint density at radius 3 is 2.54 bits per heavy atom. The SMILES string of the molecule is Cc1cc(C(=O)N(CCC(=O)NCCN2CCOCC2)C(C)C)c(C)o1. The summed E-state index contributed by atoms with van der Waals surface area (Å²) in [5.41, 5.74) is 0.573. The average molecular weight is 365 g/mol. The second-order valence-electron chi connectivity index (χ2n) is 6.97. The molecule has 1 aromatic rings. The molecule has 0 unspecified atom stereocenters. The number of nitrogens with one attached hydrogen (secondary N) is 1. The van der Waals surface area contributed by atoms with Gasteiger partial charge in [0.2, 0.25) is 5.91 Å². The summed E-state index contributed by atoms with van der Waals surface area (Å²) in [4.78, 5) is 28.9. The zero-order valence-corrected chi connectivity index (χ0v) is 16.3. The fraction of sp³-hybridized carbons (Fsp3) is 0.684. The van der Waals surface area contributed by atoms with Gasteiger partial charge in [0.1, 0.15) is 11.5 Å². The van der Waals surface area contributed by atoms with Crippen molar-refractivity contribution in [3.63, 3.8) is 0 Å². The van der Waals surface area contributed by atoms with E-state index in [1.807, 2.05) is 20.8 Å². The molecule has 2 rings (SSSR count). The van der Waals surface area contributed by atoms with Crippen LogP contribution in [-0.2, 0) is 9.53 Å². The molecule has 1 aromatic heterocycles. The van der Waals surface area contributed by atoms with Gasteiger partial charge in [-0.05, 0) is 33.8 Å². The van der Waals surface area contributed by atoms with E-state index in [9.17, 15) is 9.59 Å². The Morgan fingerprint density at radius 2 is 1.96 bits per heavy atom. The third-order valence-electron chi connectivity index (χ3n) is 4.59. The van der Waals surface area contributed by atoms with Crippen molar-refractivity contribution in [1.82, 2.24) is 15.1 Å². The number of hydrogen-bond donors (Lipinski definition) is 1. The number of nitrogens with zero attached hydrogens (tertiary/aromatic N) is 2. The van der Waals surface area contributed by atoms with Gasteiger partial charge in [0.15, 0.2) is 0 Å². The molecular weight excluding hydrogens is 334 g/mol. The summed E-state index contributed by atoms with van der Waals surface area (Å²) in [6, 6.07) is 1.77. The van der Waals surface area contributed by atoms with Gasteiger partial charge in [-0.2, -0.15) is 0 Å². The van der Waals surface area contributed by atoms with E-state index in [2.05, 4.69) is 10.2 Å². The maximum absolute atomic E-state index is 12.8. The maximum atomic E-state index is 12.8. The van der Waals surface area contributed by atoms with Crippen LogP contribution < -0.4 is 5.32 Å². The molecule has 26 heavy (non-hydrogen) atoms. The predicted octanol–water partition coefficient (Wildman–Crippen LogP) is 1.59. The molecule has 1 fully saturated rings. The molecule has 0 aliphatic carbocycles. The third-order valence-corrected chi connectivity index (χ3v) is 4.59. The average Bonchev–Trinajstić information content (AvgIpc) is 2.94. The molecule has 0 aromatic carbocycles. The number of rotatable bonds is 8. The number of ether oxygens (including phenoxy) is 1. The van der Waals surface area contributed by atoms with Gasteiger partial charge in [0, 0.05) is 45.2 Å². The largest absolute Gasteiger partial charge is 0.466 e. The van der Waals surface area contributed by atoms with E-state index in [0.29, 0.717) is 30.8 Å². The number of aryl methyl sites for hydroxylation is 2. The highest BCUT2D eigenvalue weighted by Crippen LogP contribution is 2.17. The smallest absolute Gasteiger partial charge is 0.257 e. The fourth-order valence-corrected chi connectivity index (χ4v) is 3.08. The van der Waals surface area contributed by atoms with E-state index in [1.165, 1.54) is 0 Å². The van der Waals surface area contributed by atoms with Gasteiger partial charge in [0.05, 0.1) is 18.8 Å². The van der Waals surface area contributed by atoms with Gasteiger partial charge in [-0.3, -0.25) is 14.5 Å². The summed E-state index contributed by atoms with van der Waals surface area (Å²) in [6.45, 7) is 12.7. The molecule has 1 aliphatic heterocycles. The lowest BCUT2D eigenvalue weighted by atomic mass is 10.1. The molecular formula is C19H31N3O4. The van der Waals surface area contributed by atoms with Crippen molar-refractivity contribution in [3.8, 4) is 0 Å². The van der Waals surface area contributed by atoms with Gasteiger partial charge in [-0.15, -0.1) is 0 Å². The molecule has 0 atom stereocenters. The first-order chi connectivity index (χ1) is 12.4. The molecule has 2 amide bonds. The Balaban J connectivity index is 1.79. The van der Waals surface area contributed by atoms with Gasteiger partial charge < -0.3 is 19.4 Å². The Morgan fingerprint density at radius 1 is 1.27 bits per heavy atom. The van der Waals surface area contributed by atoms with Crippen molar-refractivity contribution >= 4 is 11.8 Å². The number of amides is 2. The zero-order valence-electron chi connectivity index (χ0n) is 16.3. The second-order valence-corrected chi connectivity index (χ2v) is 6.97. The molecule has 0 spiro atoms. The van der Waals surface area contributed by atoms with Crippen LogP contribution in [0.5, 0.6) is 0 Å². The van der Waals surface area contributed by atoms with Crippen molar-refractivity contribution in [2.75, 3.05) is 45.9 Å². The Hall–Kier alpha value is -1.86.